The van der Waals surface area contributed by atoms with Gasteiger partial charge in [0, 0.05) is 6.04 Å². The molecule has 100 valence electrons. The van der Waals surface area contributed by atoms with E-state index in [0.29, 0.717) is 6.42 Å². The highest BCUT2D eigenvalue weighted by atomic mass is 16.5. The first-order valence-electron chi connectivity index (χ1n) is 5.82. The summed E-state index contributed by atoms with van der Waals surface area (Å²) in [5.41, 5.74) is -0.403. The Labute approximate surface area is 103 Å². The van der Waals surface area contributed by atoms with Gasteiger partial charge in [-0.3, -0.25) is 9.59 Å². The second-order valence-corrected chi connectivity index (χ2v) is 5.07. The fraction of sp³-hybridized carbons (Fsp3) is 0.833. The predicted molar refractivity (Wildman–Crippen MR) is 64.8 cm³/mol. The van der Waals surface area contributed by atoms with Gasteiger partial charge in [-0.15, -0.1) is 0 Å². The van der Waals surface area contributed by atoms with E-state index in [1.54, 1.807) is 0 Å². The Kier molecular flexibility index (Phi) is 6.16. The van der Waals surface area contributed by atoms with E-state index < -0.39 is 11.6 Å². The van der Waals surface area contributed by atoms with E-state index in [-0.39, 0.29) is 25.1 Å². The first-order chi connectivity index (χ1) is 7.67. The minimum atomic E-state index is -1.01. The number of amides is 1. The SMILES string of the molecule is CCC(C)N(CC(=O)O)C(=O)COC(C)(C)C. The summed E-state index contributed by atoms with van der Waals surface area (Å²) in [5, 5.41) is 8.77. The van der Waals surface area contributed by atoms with Gasteiger partial charge in [0.15, 0.2) is 0 Å². The lowest BCUT2D eigenvalue weighted by molar-refractivity contribution is -0.150. The number of hydrogen-bond acceptors (Lipinski definition) is 3. The Morgan fingerprint density at radius 1 is 1.35 bits per heavy atom. The van der Waals surface area contributed by atoms with Gasteiger partial charge in [-0.2, -0.15) is 0 Å². The minimum absolute atomic E-state index is 0.0822. The van der Waals surface area contributed by atoms with Gasteiger partial charge < -0.3 is 14.7 Å². The van der Waals surface area contributed by atoms with Crippen LogP contribution in [-0.4, -0.2) is 46.7 Å². The van der Waals surface area contributed by atoms with Crippen molar-refractivity contribution in [3.05, 3.63) is 0 Å². The van der Waals surface area contributed by atoms with Gasteiger partial charge in [0.05, 0.1) is 5.60 Å². The lowest BCUT2D eigenvalue weighted by atomic mass is 10.2. The number of hydrogen-bond donors (Lipinski definition) is 1. The molecule has 1 unspecified atom stereocenters. The third-order valence-corrected chi connectivity index (χ3v) is 2.38. The smallest absolute Gasteiger partial charge is 0.323 e. The largest absolute Gasteiger partial charge is 0.480 e. The van der Waals surface area contributed by atoms with Crippen LogP contribution >= 0.6 is 0 Å². The van der Waals surface area contributed by atoms with Crippen molar-refractivity contribution in [3.8, 4) is 0 Å². The number of carboxylic acid groups (broad SMARTS) is 1. The number of aliphatic carboxylic acids is 1. The molecule has 0 rings (SSSR count). The third-order valence-electron chi connectivity index (χ3n) is 2.38. The monoisotopic (exact) mass is 245 g/mol. The maximum atomic E-state index is 11.9. The van der Waals surface area contributed by atoms with Crippen LogP contribution in [0.5, 0.6) is 0 Å². The highest BCUT2D eigenvalue weighted by molar-refractivity contribution is 5.82. The second-order valence-electron chi connectivity index (χ2n) is 5.07. The summed E-state index contributed by atoms with van der Waals surface area (Å²) in [6.07, 6.45) is 0.717. The minimum Gasteiger partial charge on any atom is -0.480 e. The summed E-state index contributed by atoms with van der Waals surface area (Å²) in [5.74, 6) is -1.29. The van der Waals surface area contributed by atoms with E-state index >= 15 is 0 Å². The van der Waals surface area contributed by atoms with E-state index in [2.05, 4.69) is 0 Å². The number of nitrogens with zero attached hydrogens (tertiary/aromatic N) is 1. The molecule has 0 radical (unpaired) electrons. The van der Waals surface area contributed by atoms with Crippen molar-refractivity contribution in [3.63, 3.8) is 0 Å². The van der Waals surface area contributed by atoms with Gasteiger partial charge >= 0.3 is 5.97 Å². The van der Waals surface area contributed by atoms with E-state index in [9.17, 15) is 9.59 Å². The number of carbonyl (C=O) groups is 2. The molecule has 17 heavy (non-hydrogen) atoms. The van der Waals surface area contributed by atoms with Crippen molar-refractivity contribution in [2.24, 2.45) is 0 Å². The number of rotatable bonds is 6. The Bertz CT molecular complexity index is 270. The molecule has 0 aromatic heterocycles. The summed E-state index contributed by atoms with van der Waals surface area (Å²) in [6, 6.07) is -0.0952. The number of carboxylic acids is 1. The molecule has 0 bridgehead atoms. The Morgan fingerprint density at radius 3 is 2.24 bits per heavy atom. The molecule has 1 amide bonds. The first-order valence-corrected chi connectivity index (χ1v) is 5.82. The first kappa shape index (κ1) is 15.9. The number of ether oxygens (including phenoxy) is 1. The average molecular weight is 245 g/mol. The van der Waals surface area contributed by atoms with E-state index in [4.69, 9.17) is 9.84 Å². The molecule has 0 aliphatic carbocycles. The normalized spacial score (nSPS) is 13.2. The highest BCUT2D eigenvalue weighted by Gasteiger charge is 2.23. The van der Waals surface area contributed by atoms with Crippen LogP contribution in [0.15, 0.2) is 0 Å². The van der Waals surface area contributed by atoms with Crippen molar-refractivity contribution in [2.75, 3.05) is 13.2 Å². The molecule has 0 saturated heterocycles. The summed E-state index contributed by atoms with van der Waals surface area (Å²) in [4.78, 5) is 23.9. The molecule has 0 aromatic carbocycles. The van der Waals surface area contributed by atoms with Crippen LogP contribution in [0.1, 0.15) is 41.0 Å². The van der Waals surface area contributed by atoms with Crippen molar-refractivity contribution in [2.45, 2.75) is 52.7 Å². The van der Waals surface area contributed by atoms with Crippen molar-refractivity contribution < 1.29 is 19.4 Å². The molecule has 5 heteroatoms. The summed E-state index contributed by atoms with van der Waals surface area (Å²) in [6.45, 7) is 8.94. The van der Waals surface area contributed by atoms with Gasteiger partial charge in [-0.25, -0.2) is 0 Å². The average Bonchev–Trinajstić information content (AvgIpc) is 2.20. The zero-order valence-electron chi connectivity index (χ0n) is 11.3. The van der Waals surface area contributed by atoms with Gasteiger partial charge in [-0.1, -0.05) is 6.92 Å². The summed E-state index contributed by atoms with van der Waals surface area (Å²) < 4.78 is 5.36. The van der Waals surface area contributed by atoms with Crippen LogP contribution < -0.4 is 0 Å². The molecular formula is C12H23NO4. The molecule has 0 spiro atoms. The van der Waals surface area contributed by atoms with Crippen LogP contribution in [0, 0.1) is 0 Å². The van der Waals surface area contributed by atoms with Crippen LogP contribution in [-0.2, 0) is 14.3 Å². The molecule has 5 nitrogen and oxygen atoms in total. The standard InChI is InChI=1S/C12H23NO4/c1-6-9(2)13(7-11(15)16)10(14)8-17-12(3,4)5/h9H,6-8H2,1-5H3,(H,15,16). The van der Waals surface area contributed by atoms with Crippen LogP contribution in [0.3, 0.4) is 0 Å². The van der Waals surface area contributed by atoms with E-state index in [0.717, 1.165) is 0 Å². The lowest BCUT2D eigenvalue weighted by Gasteiger charge is -2.28. The summed E-state index contributed by atoms with van der Waals surface area (Å²) in [7, 11) is 0. The molecule has 0 saturated carbocycles. The Balaban J connectivity index is 4.48. The van der Waals surface area contributed by atoms with Crippen LogP contribution in [0.2, 0.25) is 0 Å². The number of carbonyl (C=O) groups excluding carboxylic acids is 1. The van der Waals surface area contributed by atoms with Crippen molar-refractivity contribution in [1.29, 1.82) is 0 Å². The van der Waals surface area contributed by atoms with E-state index in [1.807, 2.05) is 34.6 Å². The van der Waals surface area contributed by atoms with Crippen LogP contribution in [0.4, 0.5) is 0 Å². The fourth-order valence-corrected chi connectivity index (χ4v) is 1.22. The highest BCUT2D eigenvalue weighted by Crippen LogP contribution is 2.09. The maximum Gasteiger partial charge on any atom is 0.323 e. The lowest BCUT2D eigenvalue weighted by Crippen LogP contribution is -2.44. The molecule has 0 heterocycles. The Morgan fingerprint density at radius 2 is 1.88 bits per heavy atom. The molecule has 1 atom stereocenters. The van der Waals surface area contributed by atoms with Crippen molar-refractivity contribution >= 4 is 11.9 Å². The van der Waals surface area contributed by atoms with Gasteiger partial charge in [0.25, 0.3) is 0 Å². The molecule has 0 fully saturated rings. The van der Waals surface area contributed by atoms with E-state index in [1.165, 1.54) is 4.90 Å². The summed E-state index contributed by atoms with van der Waals surface area (Å²) >= 11 is 0. The van der Waals surface area contributed by atoms with Crippen molar-refractivity contribution in [1.82, 2.24) is 4.90 Å². The molecule has 0 aliphatic heterocycles. The second kappa shape index (κ2) is 6.59. The quantitative estimate of drug-likeness (QED) is 0.770. The topological polar surface area (TPSA) is 66.8 Å². The molecule has 0 aromatic rings. The van der Waals surface area contributed by atoms with Crippen LogP contribution in [0.25, 0.3) is 0 Å². The Hall–Kier alpha value is -1.10. The van der Waals surface area contributed by atoms with Gasteiger partial charge in [-0.05, 0) is 34.1 Å². The third kappa shape index (κ3) is 6.94. The fourth-order valence-electron chi connectivity index (χ4n) is 1.22. The molecular weight excluding hydrogens is 222 g/mol. The van der Waals surface area contributed by atoms with Gasteiger partial charge in [0.2, 0.25) is 5.91 Å². The molecule has 0 aliphatic rings. The zero-order chi connectivity index (χ0) is 13.6. The molecule has 1 N–H and O–H groups in total. The zero-order valence-corrected chi connectivity index (χ0v) is 11.3. The van der Waals surface area contributed by atoms with Gasteiger partial charge in [0.1, 0.15) is 13.2 Å². The predicted octanol–water partition coefficient (Wildman–Crippen LogP) is 1.51. The maximum absolute atomic E-state index is 11.9.